The summed E-state index contributed by atoms with van der Waals surface area (Å²) in [5, 5.41) is 3.45. The number of carbonyl (C=O) groups excluding carboxylic acids is 2. The number of benzene rings is 3. The Hall–Kier alpha value is -3.40. The molecule has 0 spiro atoms. The number of amides is 2. The van der Waals surface area contributed by atoms with Gasteiger partial charge < -0.3 is 10.6 Å². The molecule has 0 aromatic heterocycles. The van der Waals surface area contributed by atoms with Crippen molar-refractivity contribution in [2.24, 2.45) is 0 Å². The molecule has 3 aromatic rings. The molecule has 2 amide bonds. The smallest absolute Gasteiger partial charge is 0.258 e. The van der Waals surface area contributed by atoms with Crippen LogP contribution in [0.2, 0.25) is 0 Å². The molecule has 0 saturated carbocycles. The lowest BCUT2D eigenvalue weighted by Crippen LogP contribution is -2.24. The zero-order valence-corrected chi connectivity index (χ0v) is 17.2. The molecule has 0 fully saturated rings. The Morgan fingerprint density at radius 1 is 0.812 bits per heavy atom. The zero-order valence-electron chi connectivity index (χ0n) is 16.4. The summed E-state index contributed by atoms with van der Waals surface area (Å²) in [7, 11) is 0. The van der Waals surface area contributed by atoms with Crippen molar-refractivity contribution in [2.75, 3.05) is 10.6 Å². The molecule has 3 aromatic carbocycles. The van der Waals surface area contributed by atoms with Crippen molar-refractivity contribution in [3.8, 4) is 0 Å². The molecule has 3 rings (SSSR count). The third kappa shape index (κ3) is 5.25. The molecule has 10 heteroatoms. The fourth-order valence-corrected chi connectivity index (χ4v) is 3.58. The lowest BCUT2D eigenvalue weighted by atomic mass is 10.2. The van der Waals surface area contributed by atoms with Crippen molar-refractivity contribution in [1.29, 1.82) is 0 Å². The van der Waals surface area contributed by atoms with Gasteiger partial charge in [0.1, 0.15) is 11.5 Å². The summed E-state index contributed by atoms with van der Waals surface area (Å²) in [6, 6.07) is 11.7. The molecule has 4 nitrogen and oxygen atoms in total. The van der Waals surface area contributed by atoms with Crippen molar-refractivity contribution < 1.29 is 31.5 Å². The maximum atomic E-state index is 13.8. The Kier molecular flexibility index (Phi) is 7.14. The van der Waals surface area contributed by atoms with Crippen LogP contribution in [0.15, 0.2) is 59.5 Å². The van der Waals surface area contributed by atoms with Gasteiger partial charge in [0.2, 0.25) is 5.91 Å². The van der Waals surface area contributed by atoms with Crippen LogP contribution in [0.4, 0.5) is 33.3 Å². The van der Waals surface area contributed by atoms with Crippen LogP contribution in [0, 0.1) is 29.1 Å². The van der Waals surface area contributed by atoms with Gasteiger partial charge >= 0.3 is 0 Å². The molecular formula is C22H15F5N2O2S. The molecule has 0 radical (unpaired) electrons. The first-order valence-electron chi connectivity index (χ1n) is 9.14. The summed E-state index contributed by atoms with van der Waals surface area (Å²) in [6.07, 6.45) is 0. The Bertz CT molecular complexity index is 1160. The quantitative estimate of drug-likeness (QED) is 0.276. The van der Waals surface area contributed by atoms with Gasteiger partial charge in [0, 0.05) is 16.6 Å². The van der Waals surface area contributed by atoms with Gasteiger partial charge in [-0.15, -0.1) is 11.8 Å². The van der Waals surface area contributed by atoms with Crippen LogP contribution in [0.1, 0.15) is 17.3 Å². The minimum absolute atomic E-state index is 0.0413. The van der Waals surface area contributed by atoms with Crippen LogP contribution in [0.5, 0.6) is 0 Å². The lowest BCUT2D eigenvalue weighted by Gasteiger charge is -2.14. The van der Waals surface area contributed by atoms with E-state index in [0.29, 0.717) is 10.6 Å². The van der Waals surface area contributed by atoms with Gasteiger partial charge in [0.15, 0.2) is 23.3 Å². The Morgan fingerprint density at radius 2 is 1.47 bits per heavy atom. The third-order valence-corrected chi connectivity index (χ3v) is 5.35. The molecule has 166 valence electrons. The highest BCUT2D eigenvalue weighted by Gasteiger charge is 2.23. The first-order chi connectivity index (χ1) is 15.2. The van der Waals surface area contributed by atoms with E-state index >= 15 is 0 Å². The number of nitrogens with one attached hydrogen (secondary N) is 2. The molecule has 1 atom stereocenters. The summed E-state index contributed by atoms with van der Waals surface area (Å²) in [4.78, 5) is 25.0. The van der Waals surface area contributed by atoms with E-state index in [0.717, 1.165) is 17.8 Å². The van der Waals surface area contributed by atoms with Crippen LogP contribution in [-0.2, 0) is 4.79 Å². The van der Waals surface area contributed by atoms with Crippen molar-refractivity contribution in [1.82, 2.24) is 0 Å². The van der Waals surface area contributed by atoms with Gasteiger partial charge in [-0.2, -0.15) is 0 Å². The second-order valence-electron chi connectivity index (χ2n) is 6.55. The highest BCUT2D eigenvalue weighted by atomic mass is 32.2. The van der Waals surface area contributed by atoms with Crippen molar-refractivity contribution >= 4 is 35.0 Å². The number of carbonyl (C=O) groups is 2. The second-order valence-corrected chi connectivity index (χ2v) is 7.97. The van der Waals surface area contributed by atoms with E-state index < -0.39 is 51.8 Å². The number of anilines is 2. The van der Waals surface area contributed by atoms with Crippen LogP contribution in [-0.4, -0.2) is 17.1 Å². The minimum atomic E-state index is -1.72. The Balaban J connectivity index is 1.70. The standard InChI is InChI=1S/C22H15F5N2O2S/c1-11(21(30)29-20-18(26)16(24)10-17(25)19(20)27)32-13-6-4-5-12(9-13)28-22(31)14-7-2-3-8-15(14)23/h2-11H,1H3,(H,28,31)(H,29,30). The molecule has 0 aliphatic carbocycles. The first kappa shape index (κ1) is 23.3. The predicted molar refractivity (Wildman–Crippen MR) is 111 cm³/mol. The molecule has 0 aliphatic heterocycles. The second kappa shape index (κ2) is 9.82. The van der Waals surface area contributed by atoms with Crippen LogP contribution < -0.4 is 10.6 Å². The van der Waals surface area contributed by atoms with E-state index in [9.17, 15) is 31.5 Å². The minimum Gasteiger partial charge on any atom is -0.322 e. The lowest BCUT2D eigenvalue weighted by molar-refractivity contribution is -0.115. The van der Waals surface area contributed by atoms with Gasteiger partial charge in [-0.3, -0.25) is 9.59 Å². The fourth-order valence-electron chi connectivity index (χ4n) is 2.66. The topological polar surface area (TPSA) is 58.2 Å². The molecule has 0 saturated heterocycles. The predicted octanol–water partition coefficient (Wildman–Crippen LogP) is 5.75. The maximum absolute atomic E-state index is 13.8. The summed E-state index contributed by atoms with van der Waals surface area (Å²) >= 11 is 0.961. The largest absolute Gasteiger partial charge is 0.322 e. The Labute approximate surface area is 183 Å². The number of halogens is 5. The number of thioether (sulfide) groups is 1. The summed E-state index contributed by atoms with van der Waals surface area (Å²) in [5.74, 6) is -8.97. The molecule has 0 heterocycles. The van der Waals surface area contributed by atoms with E-state index in [-0.39, 0.29) is 11.6 Å². The molecule has 2 N–H and O–H groups in total. The van der Waals surface area contributed by atoms with E-state index in [1.54, 1.807) is 18.2 Å². The fraction of sp³-hybridized carbons (Fsp3) is 0.0909. The highest BCUT2D eigenvalue weighted by molar-refractivity contribution is 8.00. The van der Waals surface area contributed by atoms with Gasteiger partial charge in [-0.05, 0) is 37.3 Å². The van der Waals surface area contributed by atoms with Crippen molar-refractivity contribution in [3.63, 3.8) is 0 Å². The van der Waals surface area contributed by atoms with Gasteiger partial charge in [0.05, 0.1) is 10.8 Å². The van der Waals surface area contributed by atoms with Gasteiger partial charge in [0.25, 0.3) is 5.91 Å². The summed E-state index contributed by atoms with van der Waals surface area (Å²) in [6.45, 7) is 1.41. The van der Waals surface area contributed by atoms with E-state index in [2.05, 4.69) is 5.32 Å². The summed E-state index contributed by atoms with van der Waals surface area (Å²) < 4.78 is 67.9. The first-order valence-corrected chi connectivity index (χ1v) is 10.0. The molecule has 0 aliphatic rings. The molecule has 0 bridgehead atoms. The molecule has 1 unspecified atom stereocenters. The van der Waals surface area contributed by atoms with Crippen molar-refractivity contribution in [3.05, 3.63) is 89.2 Å². The number of rotatable bonds is 6. The summed E-state index contributed by atoms with van der Waals surface area (Å²) in [5.41, 5.74) is -1.05. The van der Waals surface area contributed by atoms with Gasteiger partial charge in [-0.1, -0.05) is 18.2 Å². The maximum Gasteiger partial charge on any atom is 0.258 e. The normalized spacial score (nSPS) is 11.7. The van der Waals surface area contributed by atoms with Crippen LogP contribution in [0.3, 0.4) is 0 Å². The Morgan fingerprint density at radius 3 is 2.12 bits per heavy atom. The van der Waals surface area contributed by atoms with E-state index in [4.69, 9.17) is 0 Å². The highest BCUT2D eigenvalue weighted by Crippen LogP contribution is 2.29. The van der Waals surface area contributed by atoms with E-state index in [1.165, 1.54) is 31.2 Å². The van der Waals surface area contributed by atoms with Gasteiger partial charge in [-0.25, -0.2) is 22.0 Å². The van der Waals surface area contributed by atoms with Crippen LogP contribution >= 0.6 is 11.8 Å². The molecular weight excluding hydrogens is 451 g/mol. The van der Waals surface area contributed by atoms with Crippen LogP contribution in [0.25, 0.3) is 0 Å². The number of hydrogen-bond donors (Lipinski definition) is 2. The zero-order chi connectivity index (χ0) is 23.4. The average Bonchev–Trinajstić information content (AvgIpc) is 2.75. The van der Waals surface area contributed by atoms with Crippen molar-refractivity contribution in [2.45, 2.75) is 17.1 Å². The monoisotopic (exact) mass is 466 g/mol. The average molecular weight is 466 g/mol. The van der Waals surface area contributed by atoms with E-state index in [1.807, 2.05) is 5.32 Å². The third-order valence-electron chi connectivity index (χ3n) is 4.25. The molecule has 32 heavy (non-hydrogen) atoms. The number of hydrogen-bond acceptors (Lipinski definition) is 3. The SMILES string of the molecule is CC(Sc1cccc(NC(=O)c2ccccc2F)c1)C(=O)Nc1c(F)c(F)cc(F)c1F.